The highest BCUT2D eigenvalue weighted by atomic mass is 32.1. The Morgan fingerprint density at radius 2 is 2.32 bits per heavy atom. The molecular formula is C17H20N6OS. The van der Waals surface area contributed by atoms with Crippen molar-refractivity contribution >= 4 is 28.0 Å². The Bertz CT molecular complexity index is 846. The SMILES string of the molecule is O=C(CCN1CCCC(c2nnc3ccccn23)C1)Nc1nccs1. The van der Waals surface area contributed by atoms with Crippen molar-refractivity contribution in [3.63, 3.8) is 0 Å². The van der Waals surface area contributed by atoms with Gasteiger partial charge in [0.1, 0.15) is 5.82 Å². The van der Waals surface area contributed by atoms with Crippen LogP contribution in [0.1, 0.15) is 31.0 Å². The molecule has 0 spiro atoms. The number of hydrogen-bond donors (Lipinski definition) is 1. The standard InChI is InChI=1S/C17H20N6OS/c24-15(19-17-18-7-11-25-17)6-10-22-8-3-4-13(12-22)16-21-20-14-5-1-2-9-23(14)16/h1-2,5,7,9,11,13H,3-4,6,8,10,12H2,(H,18,19,24). The zero-order valence-electron chi connectivity index (χ0n) is 13.8. The quantitative estimate of drug-likeness (QED) is 0.760. The molecular weight excluding hydrogens is 336 g/mol. The van der Waals surface area contributed by atoms with Crippen LogP contribution in [0.4, 0.5) is 5.13 Å². The lowest BCUT2D eigenvalue weighted by atomic mass is 9.97. The predicted octanol–water partition coefficient (Wildman–Crippen LogP) is 2.39. The maximum absolute atomic E-state index is 12.0. The van der Waals surface area contributed by atoms with Gasteiger partial charge in [-0.3, -0.25) is 9.20 Å². The molecule has 25 heavy (non-hydrogen) atoms. The summed E-state index contributed by atoms with van der Waals surface area (Å²) in [4.78, 5) is 18.5. The Labute approximate surface area is 149 Å². The summed E-state index contributed by atoms with van der Waals surface area (Å²) in [6.45, 7) is 2.70. The smallest absolute Gasteiger partial charge is 0.227 e. The van der Waals surface area contributed by atoms with E-state index in [-0.39, 0.29) is 5.91 Å². The first-order valence-electron chi connectivity index (χ1n) is 8.51. The van der Waals surface area contributed by atoms with Crippen molar-refractivity contribution in [1.82, 2.24) is 24.5 Å². The molecule has 0 aromatic carbocycles. The summed E-state index contributed by atoms with van der Waals surface area (Å²) in [6, 6.07) is 5.95. The van der Waals surface area contributed by atoms with E-state index in [1.54, 1.807) is 6.20 Å². The molecule has 0 saturated carbocycles. The molecule has 3 aromatic rings. The Hall–Kier alpha value is -2.32. The maximum Gasteiger partial charge on any atom is 0.227 e. The predicted molar refractivity (Wildman–Crippen MR) is 96.8 cm³/mol. The molecule has 1 unspecified atom stereocenters. The summed E-state index contributed by atoms with van der Waals surface area (Å²) in [5.41, 5.74) is 0.887. The molecule has 0 aliphatic carbocycles. The molecule has 4 rings (SSSR count). The van der Waals surface area contributed by atoms with Gasteiger partial charge in [0.2, 0.25) is 5.91 Å². The summed E-state index contributed by atoms with van der Waals surface area (Å²) in [7, 11) is 0. The van der Waals surface area contributed by atoms with Gasteiger partial charge in [-0.25, -0.2) is 4.98 Å². The molecule has 0 radical (unpaired) electrons. The van der Waals surface area contributed by atoms with Crippen LogP contribution in [0.5, 0.6) is 0 Å². The number of rotatable bonds is 5. The van der Waals surface area contributed by atoms with Crippen LogP contribution in [0.15, 0.2) is 36.0 Å². The van der Waals surface area contributed by atoms with Crippen LogP contribution in [-0.4, -0.2) is 50.0 Å². The zero-order valence-corrected chi connectivity index (χ0v) is 14.7. The molecule has 1 fully saturated rings. The summed E-state index contributed by atoms with van der Waals surface area (Å²) >= 11 is 1.44. The highest BCUT2D eigenvalue weighted by Gasteiger charge is 2.25. The van der Waals surface area contributed by atoms with Gasteiger partial charge in [-0.15, -0.1) is 21.5 Å². The molecule has 1 atom stereocenters. The Balaban J connectivity index is 1.35. The molecule has 7 nitrogen and oxygen atoms in total. The van der Waals surface area contributed by atoms with Gasteiger partial charge in [-0.2, -0.15) is 0 Å². The van der Waals surface area contributed by atoms with Crippen molar-refractivity contribution in [3.05, 3.63) is 41.8 Å². The number of carbonyl (C=O) groups is 1. The van der Waals surface area contributed by atoms with Gasteiger partial charge in [0, 0.05) is 43.2 Å². The maximum atomic E-state index is 12.0. The highest BCUT2D eigenvalue weighted by Crippen LogP contribution is 2.26. The van der Waals surface area contributed by atoms with E-state index in [1.807, 2.05) is 29.8 Å². The number of carbonyl (C=O) groups excluding carboxylic acids is 1. The Kier molecular flexibility index (Phi) is 4.71. The third kappa shape index (κ3) is 3.69. The van der Waals surface area contributed by atoms with Gasteiger partial charge in [0.05, 0.1) is 0 Å². The molecule has 1 N–H and O–H groups in total. The van der Waals surface area contributed by atoms with Crippen molar-refractivity contribution in [2.75, 3.05) is 25.0 Å². The number of hydrogen-bond acceptors (Lipinski definition) is 6. The topological polar surface area (TPSA) is 75.4 Å². The van der Waals surface area contributed by atoms with Crippen molar-refractivity contribution in [2.45, 2.75) is 25.2 Å². The third-order valence-corrected chi connectivity index (χ3v) is 5.23. The number of piperidine rings is 1. The van der Waals surface area contributed by atoms with Gasteiger partial charge >= 0.3 is 0 Å². The van der Waals surface area contributed by atoms with Crippen LogP contribution in [0.3, 0.4) is 0 Å². The fraction of sp³-hybridized carbons (Fsp3) is 0.412. The van der Waals surface area contributed by atoms with E-state index >= 15 is 0 Å². The molecule has 0 bridgehead atoms. The minimum Gasteiger partial charge on any atom is -0.302 e. The van der Waals surface area contributed by atoms with E-state index in [2.05, 4.69) is 29.8 Å². The average Bonchev–Trinajstić information content (AvgIpc) is 3.30. The molecule has 4 heterocycles. The first-order chi connectivity index (χ1) is 12.3. The van der Waals surface area contributed by atoms with Gasteiger partial charge in [0.25, 0.3) is 0 Å². The van der Waals surface area contributed by atoms with Crippen LogP contribution >= 0.6 is 11.3 Å². The number of amides is 1. The fourth-order valence-corrected chi connectivity index (χ4v) is 3.88. The molecule has 8 heteroatoms. The number of nitrogens with zero attached hydrogens (tertiary/aromatic N) is 5. The second kappa shape index (κ2) is 7.28. The van der Waals surface area contributed by atoms with Crippen molar-refractivity contribution < 1.29 is 4.79 Å². The van der Waals surface area contributed by atoms with Crippen LogP contribution in [0, 0.1) is 0 Å². The molecule has 3 aromatic heterocycles. The number of pyridine rings is 1. The van der Waals surface area contributed by atoms with E-state index < -0.39 is 0 Å². The summed E-state index contributed by atoms with van der Waals surface area (Å²) in [5, 5.41) is 14.0. The largest absolute Gasteiger partial charge is 0.302 e. The van der Waals surface area contributed by atoms with Crippen LogP contribution < -0.4 is 5.32 Å². The molecule has 1 aliphatic rings. The molecule has 130 valence electrons. The number of aromatic nitrogens is 4. The van der Waals surface area contributed by atoms with Gasteiger partial charge < -0.3 is 10.2 Å². The second-order valence-electron chi connectivity index (χ2n) is 6.26. The lowest BCUT2D eigenvalue weighted by Gasteiger charge is -2.31. The highest BCUT2D eigenvalue weighted by molar-refractivity contribution is 7.13. The normalized spacial score (nSPS) is 18.5. The van der Waals surface area contributed by atoms with E-state index in [0.717, 1.165) is 43.9 Å². The number of likely N-dealkylation sites (tertiary alicyclic amines) is 1. The number of fused-ring (bicyclic) bond motifs is 1. The Morgan fingerprint density at radius 1 is 1.36 bits per heavy atom. The van der Waals surface area contributed by atoms with Gasteiger partial charge in [-0.1, -0.05) is 6.07 Å². The minimum absolute atomic E-state index is 0.0185. The number of thiazole rings is 1. The molecule has 1 amide bonds. The first kappa shape index (κ1) is 16.2. The van der Waals surface area contributed by atoms with E-state index in [4.69, 9.17) is 0 Å². The third-order valence-electron chi connectivity index (χ3n) is 4.54. The van der Waals surface area contributed by atoms with Crippen molar-refractivity contribution in [1.29, 1.82) is 0 Å². The second-order valence-corrected chi connectivity index (χ2v) is 7.16. The monoisotopic (exact) mass is 356 g/mol. The van der Waals surface area contributed by atoms with E-state index in [1.165, 1.54) is 11.3 Å². The first-order valence-corrected chi connectivity index (χ1v) is 9.39. The zero-order chi connectivity index (χ0) is 17.1. The summed E-state index contributed by atoms with van der Waals surface area (Å²) < 4.78 is 2.07. The molecule has 1 saturated heterocycles. The average molecular weight is 356 g/mol. The van der Waals surface area contributed by atoms with Crippen molar-refractivity contribution in [3.8, 4) is 0 Å². The van der Waals surface area contributed by atoms with Crippen LogP contribution in [0.2, 0.25) is 0 Å². The Morgan fingerprint density at radius 3 is 3.20 bits per heavy atom. The number of anilines is 1. The van der Waals surface area contributed by atoms with E-state index in [9.17, 15) is 4.79 Å². The van der Waals surface area contributed by atoms with Gasteiger partial charge in [0.15, 0.2) is 10.8 Å². The summed E-state index contributed by atoms with van der Waals surface area (Å²) in [5.74, 6) is 1.39. The van der Waals surface area contributed by atoms with Crippen LogP contribution in [-0.2, 0) is 4.79 Å². The molecule has 1 aliphatic heterocycles. The lowest BCUT2D eigenvalue weighted by molar-refractivity contribution is -0.116. The lowest BCUT2D eigenvalue weighted by Crippen LogP contribution is -2.37. The van der Waals surface area contributed by atoms with Crippen molar-refractivity contribution in [2.24, 2.45) is 0 Å². The van der Waals surface area contributed by atoms with Gasteiger partial charge in [-0.05, 0) is 31.5 Å². The summed E-state index contributed by atoms with van der Waals surface area (Å²) in [6.07, 6.45) is 6.41. The fourth-order valence-electron chi connectivity index (χ4n) is 3.33. The van der Waals surface area contributed by atoms with Crippen LogP contribution in [0.25, 0.3) is 5.65 Å². The number of nitrogens with one attached hydrogen (secondary N) is 1. The van der Waals surface area contributed by atoms with E-state index in [0.29, 0.717) is 17.5 Å². The minimum atomic E-state index is 0.0185.